The van der Waals surface area contributed by atoms with Gasteiger partial charge in [0.15, 0.2) is 0 Å². The second kappa shape index (κ2) is 8.16. The maximum absolute atomic E-state index is 12.7. The summed E-state index contributed by atoms with van der Waals surface area (Å²) in [6, 6.07) is 9.92. The molecule has 1 amide bonds. The van der Waals surface area contributed by atoms with Gasteiger partial charge in [0.05, 0.1) is 4.90 Å². The van der Waals surface area contributed by atoms with E-state index in [2.05, 4.69) is 4.98 Å². The van der Waals surface area contributed by atoms with Crippen molar-refractivity contribution in [1.29, 1.82) is 0 Å². The van der Waals surface area contributed by atoms with Crippen LogP contribution in [0.15, 0.2) is 53.7 Å². The highest BCUT2D eigenvalue weighted by atomic mass is 35.5. The van der Waals surface area contributed by atoms with Gasteiger partial charge in [-0.2, -0.15) is 4.31 Å². The number of hydrogen-bond acceptors (Lipinski definition) is 4. The van der Waals surface area contributed by atoms with E-state index in [-0.39, 0.29) is 10.8 Å². The molecule has 2 heterocycles. The van der Waals surface area contributed by atoms with Crippen LogP contribution in [0, 0.1) is 0 Å². The molecule has 6 nitrogen and oxygen atoms in total. The van der Waals surface area contributed by atoms with Crippen LogP contribution in [0.4, 0.5) is 0 Å². The third kappa shape index (κ3) is 4.41. The van der Waals surface area contributed by atoms with Gasteiger partial charge in [0.2, 0.25) is 15.9 Å². The van der Waals surface area contributed by atoms with E-state index in [1.165, 1.54) is 16.4 Å². The smallest absolute Gasteiger partial charge is 0.243 e. The zero-order valence-electron chi connectivity index (χ0n) is 14.2. The van der Waals surface area contributed by atoms with Gasteiger partial charge in [-0.05, 0) is 42.3 Å². The minimum absolute atomic E-state index is 0.0393. The lowest BCUT2D eigenvalue weighted by Crippen LogP contribution is -2.50. The molecule has 0 atom stereocenters. The van der Waals surface area contributed by atoms with Gasteiger partial charge in [-0.1, -0.05) is 17.7 Å². The summed E-state index contributed by atoms with van der Waals surface area (Å²) in [5, 5.41) is 0.494. The molecule has 1 aliphatic rings. The van der Waals surface area contributed by atoms with Crippen molar-refractivity contribution in [3.8, 4) is 0 Å². The predicted octanol–water partition coefficient (Wildman–Crippen LogP) is 2.20. The Morgan fingerprint density at radius 3 is 2.38 bits per heavy atom. The van der Waals surface area contributed by atoms with Crippen molar-refractivity contribution in [3.05, 3.63) is 59.4 Å². The van der Waals surface area contributed by atoms with E-state index in [0.29, 0.717) is 44.0 Å². The SMILES string of the molecule is O=C(CCc1cccnc1)N1CCN(S(=O)(=O)c2ccc(Cl)cc2)CC1. The Morgan fingerprint density at radius 2 is 1.77 bits per heavy atom. The average Bonchev–Trinajstić information content (AvgIpc) is 2.67. The molecule has 0 N–H and O–H groups in total. The van der Waals surface area contributed by atoms with E-state index in [4.69, 9.17) is 11.6 Å². The number of sulfonamides is 1. The van der Waals surface area contributed by atoms with Crippen LogP contribution in [-0.4, -0.2) is 54.7 Å². The number of pyridine rings is 1. The third-order valence-corrected chi connectivity index (χ3v) is 6.56. The minimum atomic E-state index is -3.55. The van der Waals surface area contributed by atoms with Crippen molar-refractivity contribution in [1.82, 2.24) is 14.2 Å². The fourth-order valence-corrected chi connectivity index (χ4v) is 4.44. The van der Waals surface area contributed by atoms with Gasteiger partial charge in [0.1, 0.15) is 0 Å². The number of amides is 1. The van der Waals surface area contributed by atoms with E-state index >= 15 is 0 Å². The molecule has 0 spiro atoms. The molecular formula is C18H20ClN3O3S. The lowest BCUT2D eigenvalue weighted by atomic mass is 10.1. The Balaban J connectivity index is 1.55. The lowest BCUT2D eigenvalue weighted by molar-refractivity contribution is -0.132. The Morgan fingerprint density at radius 1 is 1.08 bits per heavy atom. The molecule has 1 fully saturated rings. The zero-order valence-corrected chi connectivity index (χ0v) is 15.8. The standard InChI is InChI=1S/C18H20ClN3O3S/c19-16-4-6-17(7-5-16)26(24,25)22-12-10-21(11-13-22)18(23)8-3-15-2-1-9-20-14-15/h1-2,4-7,9,14H,3,8,10-13H2. The van der Waals surface area contributed by atoms with Gasteiger partial charge in [-0.3, -0.25) is 9.78 Å². The molecule has 2 aromatic rings. The Kier molecular flexibility index (Phi) is 5.90. The summed E-state index contributed by atoms with van der Waals surface area (Å²) < 4.78 is 26.7. The van der Waals surface area contributed by atoms with E-state index < -0.39 is 10.0 Å². The van der Waals surface area contributed by atoms with Gasteiger partial charge in [0.25, 0.3) is 0 Å². The molecule has 138 valence electrons. The van der Waals surface area contributed by atoms with E-state index in [0.717, 1.165) is 5.56 Å². The molecule has 0 aliphatic carbocycles. The van der Waals surface area contributed by atoms with Gasteiger partial charge >= 0.3 is 0 Å². The average molecular weight is 394 g/mol. The zero-order chi connectivity index (χ0) is 18.6. The molecule has 0 bridgehead atoms. The monoisotopic (exact) mass is 393 g/mol. The topological polar surface area (TPSA) is 70.6 Å². The maximum Gasteiger partial charge on any atom is 0.243 e. The van der Waals surface area contributed by atoms with Crippen LogP contribution in [0.25, 0.3) is 0 Å². The summed E-state index contributed by atoms with van der Waals surface area (Å²) >= 11 is 5.82. The number of aromatic nitrogens is 1. The number of rotatable bonds is 5. The van der Waals surface area contributed by atoms with E-state index in [1.807, 2.05) is 12.1 Å². The molecule has 0 saturated carbocycles. The maximum atomic E-state index is 12.7. The molecule has 8 heteroatoms. The summed E-state index contributed by atoms with van der Waals surface area (Å²) in [7, 11) is -3.55. The van der Waals surface area contributed by atoms with Gasteiger partial charge in [-0.25, -0.2) is 8.42 Å². The largest absolute Gasteiger partial charge is 0.340 e. The molecule has 1 saturated heterocycles. The second-order valence-electron chi connectivity index (χ2n) is 6.10. The number of aryl methyl sites for hydroxylation is 1. The molecule has 26 heavy (non-hydrogen) atoms. The van der Waals surface area contributed by atoms with Crippen LogP contribution >= 0.6 is 11.6 Å². The molecule has 1 aromatic heterocycles. The van der Waals surface area contributed by atoms with Crippen molar-refractivity contribution in [2.45, 2.75) is 17.7 Å². The van der Waals surface area contributed by atoms with Crippen LogP contribution in [0.5, 0.6) is 0 Å². The predicted molar refractivity (Wildman–Crippen MR) is 99.3 cm³/mol. The summed E-state index contributed by atoms with van der Waals surface area (Å²) in [5.41, 5.74) is 1.02. The summed E-state index contributed by atoms with van der Waals surface area (Å²) in [6.07, 6.45) is 4.49. The Hall–Kier alpha value is -1.96. The van der Waals surface area contributed by atoms with E-state index in [1.54, 1.807) is 29.4 Å². The van der Waals surface area contributed by atoms with Gasteiger partial charge in [-0.15, -0.1) is 0 Å². The van der Waals surface area contributed by atoms with Crippen LogP contribution in [-0.2, 0) is 21.2 Å². The molecule has 3 rings (SSSR count). The highest BCUT2D eigenvalue weighted by molar-refractivity contribution is 7.89. The number of carbonyl (C=O) groups is 1. The highest BCUT2D eigenvalue weighted by Gasteiger charge is 2.29. The number of benzene rings is 1. The van der Waals surface area contributed by atoms with Crippen LogP contribution < -0.4 is 0 Å². The number of halogens is 1. The third-order valence-electron chi connectivity index (χ3n) is 4.39. The lowest BCUT2D eigenvalue weighted by Gasteiger charge is -2.34. The van der Waals surface area contributed by atoms with Gasteiger partial charge < -0.3 is 4.90 Å². The fraction of sp³-hybridized carbons (Fsp3) is 0.333. The minimum Gasteiger partial charge on any atom is -0.340 e. The number of nitrogens with zero attached hydrogens (tertiary/aromatic N) is 3. The first-order chi connectivity index (χ1) is 12.5. The van der Waals surface area contributed by atoms with Crippen molar-refractivity contribution < 1.29 is 13.2 Å². The first-order valence-corrected chi connectivity index (χ1v) is 10.2. The number of hydrogen-bond donors (Lipinski definition) is 0. The number of carbonyl (C=O) groups excluding carboxylic acids is 1. The molecule has 1 aromatic carbocycles. The van der Waals surface area contributed by atoms with Crippen molar-refractivity contribution >= 4 is 27.5 Å². The summed E-state index contributed by atoms with van der Waals surface area (Å²) in [4.78, 5) is 18.3. The summed E-state index contributed by atoms with van der Waals surface area (Å²) in [6.45, 7) is 1.39. The Labute approximate surface area is 158 Å². The molecule has 1 aliphatic heterocycles. The fourth-order valence-electron chi connectivity index (χ4n) is 2.89. The van der Waals surface area contributed by atoms with Crippen molar-refractivity contribution in [2.24, 2.45) is 0 Å². The van der Waals surface area contributed by atoms with Crippen LogP contribution in [0.2, 0.25) is 5.02 Å². The van der Waals surface area contributed by atoms with Gasteiger partial charge in [0, 0.05) is 50.0 Å². The first kappa shape index (κ1) is 18.8. The first-order valence-electron chi connectivity index (χ1n) is 8.39. The number of piperazine rings is 1. The highest BCUT2D eigenvalue weighted by Crippen LogP contribution is 2.20. The van der Waals surface area contributed by atoms with Crippen LogP contribution in [0.1, 0.15) is 12.0 Å². The van der Waals surface area contributed by atoms with Crippen LogP contribution in [0.3, 0.4) is 0 Å². The Bertz CT molecular complexity index is 849. The quantitative estimate of drug-likeness (QED) is 0.780. The van der Waals surface area contributed by atoms with Crippen molar-refractivity contribution in [2.75, 3.05) is 26.2 Å². The summed E-state index contributed by atoms with van der Waals surface area (Å²) in [5.74, 6) is 0.0393. The van der Waals surface area contributed by atoms with E-state index in [9.17, 15) is 13.2 Å². The molecular weight excluding hydrogens is 374 g/mol. The molecule has 0 radical (unpaired) electrons. The normalized spacial score (nSPS) is 15.8. The second-order valence-corrected chi connectivity index (χ2v) is 8.47. The molecule has 0 unspecified atom stereocenters. The van der Waals surface area contributed by atoms with Crippen molar-refractivity contribution in [3.63, 3.8) is 0 Å².